The number of carboxylic acid groups (broad SMARTS) is 1. The van der Waals surface area contributed by atoms with Crippen molar-refractivity contribution in [2.45, 2.75) is 38.3 Å². The van der Waals surface area contributed by atoms with Gasteiger partial charge in [0.05, 0.1) is 24.9 Å². The predicted molar refractivity (Wildman–Crippen MR) is 138 cm³/mol. The first kappa shape index (κ1) is 27.6. The standard InChI is InChI=1S/C24H25N9O7/c1-32(11-13-10-27-21-19(28-13)20(25)30-24(26)31-21)14-4-2-12(3-5-14)22(37)29-15(23(38)39)6-9-18(36)40-33-16(34)7-8-17(33)35/h2-5,10,15H,6-9,11H2,1H3,(H,29,37)(H,38,39)(H4,25,26,27,30,31)/t15-/m0/s1. The summed E-state index contributed by atoms with van der Waals surface area (Å²) in [6.45, 7) is 0.337. The molecule has 208 valence electrons. The molecule has 16 nitrogen and oxygen atoms in total. The molecule has 1 saturated heterocycles. The number of nitrogens with one attached hydrogen (secondary N) is 1. The zero-order valence-electron chi connectivity index (χ0n) is 21.2. The van der Waals surface area contributed by atoms with E-state index in [4.69, 9.17) is 16.3 Å². The maximum absolute atomic E-state index is 12.7. The lowest BCUT2D eigenvalue weighted by molar-refractivity contribution is -0.197. The Bertz CT molecular complexity index is 1480. The van der Waals surface area contributed by atoms with Gasteiger partial charge in [0.15, 0.2) is 17.0 Å². The van der Waals surface area contributed by atoms with Gasteiger partial charge < -0.3 is 31.6 Å². The van der Waals surface area contributed by atoms with E-state index >= 15 is 0 Å². The molecule has 3 aromatic rings. The second-order valence-electron chi connectivity index (χ2n) is 8.85. The van der Waals surface area contributed by atoms with Gasteiger partial charge in [-0.3, -0.25) is 14.4 Å². The van der Waals surface area contributed by atoms with Gasteiger partial charge in [0.2, 0.25) is 5.95 Å². The molecule has 1 aliphatic heterocycles. The van der Waals surface area contributed by atoms with Crippen molar-refractivity contribution in [1.29, 1.82) is 0 Å². The fourth-order valence-electron chi connectivity index (χ4n) is 3.83. The van der Waals surface area contributed by atoms with Crippen LogP contribution < -0.4 is 21.7 Å². The minimum Gasteiger partial charge on any atom is -0.480 e. The monoisotopic (exact) mass is 551 g/mol. The number of rotatable bonds is 10. The number of aliphatic carboxylic acids is 1. The first-order valence-electron chi connectivity index (χ1n) is 12.0. The number of aromatic nitrogens is 4. The highest BCUT2D eigenvalue weighted by molar-refractivity contribution is 6.01. The number of hydrogen-bond donors (Lipinski definition) is 4. The van der Waals surface area contributed by atoms with Crippen LogP contribution in [0.25, 0.3) is 11.2 Å². The zero-order valence-corrected chi connectivity index (χ0v) is 21.2. The van der Waals surface area contributed by atoms with E-state index in [2.05, 4.69) is 25.3 Å². The quantitative estimate of drug-likeness (QED) is 0.239. The van der Waals surface area contributed by atoms with Crippen LogP contribution in [0.2, 0.25) is 0 Å². The van der Waals surface area contributed by atoms with Crippen molar-refractivity contribution >= 4 is 58.3 Å². The second-order valence-corrected chi connectivity index (χ2v) is 8.85. The number of carboxylic acids is 1. The van der Waals surface area contributed by atoms with Crippen molar-refractivity contribution in [3.05, 3.63) is 41.7 Å². The fourth-order valence-corrected chi connectivity index (χ4v) is 3.83. The van der Waals surface area contributed by atoms with E-state index in [0.29, 0.717) is 22.8 Å². The molecule has 0 spiro atoms. The third-order valence-electron chi connectivity index (χ3n) is 5.91. The number of anilines is 3. The van der Waals surface area contributed by atoms with Gasteiger partial charge in [-0.15, -0.1) is 5.06 Å². The second kappa shape index (κ2) is 11.5. The largest absolute Gasteiger partial charge is 0.480 e. The summed E-state index contributed by atoms with van der Waals surface area (Å²) < 4.78 is 0. The molecule has 16 heteroatoms. The topological polar surface area (TPSA) is 237 Å². The van der Waals surface area contributed by atoms with Gasteiger partial charge in [0, 0.05) is 31.1 Å². The summed E-state index contributed by atoms with van der Waals surface area (Å²) in [5.74, 6) is -4.18. The van der Waals surface area contributed by atoms with Crippen LogP contribution in [0.15, 0.2) is 30.5 Å². The predicted octanol–water partition coefficient (Wildman–Crippen LogP) is -0.209. The molecule has 2 aromatic heterocycles. The van der Waals surface area contributed by atoms with Crippen molar-refractivity contribution in [2.24, 2.45) is 0 Å². The van der Waals surface area contributed by atoms with Crippen LogP contribution in [-0.2, 0) is 30.6 Å². The van der Waals surface area contributed by atoms with Crippen LogP contribution in [-0.4, -0.2) is 72.9 Å². The zero-order chi connectivity index (χ0) is 29.0. The van der Waals surface area contributed by atoms with Crippen LogP contribution >= 0.6 is 0 Å². The number of nitrogens with zero attached hydrogens (tertiary/aromatic N) is 6. The smallest absolute Gasteiger partial charge is 0.333 e. The molecule has 1 aliphatic rings. The van der Waals surface area contributed by atoms with Crippen LogP contribution in [0.1, 0.15) is 41.7 Å². The molecule has 0 unspecified atom stereocenters. The van der Waals surface area contributed by atoms with Crippen LogP contribution in [0.4, 0.5) is 17.5 Å². The summed E-state index contributed by atoms with van der Waals surface area (Å²) in [4.78, 5) is 82.5. The first-order chi connectivity index (χ1) is 19.0. The Kier molecular flexibility index (Phi) is 7.97. The Balaban J connectivity index is 1.33. The Hall–Kier alpha value is -5.41. The highest BCUT2D eigenvalue weighted by Crippen LogP contribution is 2.19. The number of nitrogen functional groups attached to an aromatic ring is 2. The van der Waals surface area contributed by atoms with Gasteiger partial charge in [0.1, 0.15) is 6.04 Å². The van der Waals surface area contributed by atoms with E-state index < -0.39 is 42.1 Å². The van der Waals surface area contributed by atoms with Gasteiger partial charge in [-0.05, 0) is 30.7 Å². The number of fused-ring (bicyclic) bond motifs is 1. The minimum atomic E-state index is -1.41. The van der Waals surface area contributed by atoms with Crippen molar-refractivity contribution in [3.63, 3.8) is 0 Å². The third kappa shape index (κ3) is 6.35. The molecule has 6 N–H and O–H groups in total. The summed E-state index contributed by atoms with van der Waals surface area (Å²) in [6.07, 6.45) is 0.654. The molecule has 1 fully saturated rings. The molecule has 3 heterocycles. The molecular formula is C24H25N9O7. The molecule has 0 bridgehead atoms. The van der Waals surface area contributed by atoms with E-state index in [9.17, 15) is 29.1 Å². The van der Waals surface area contributed by atoms with E-state index in [1.807, 2.05) is 4.90 Å². The molecule has 0 aliphatic carbocycles. The van der Waals surface area contributed by atoms with E-state index in [-0.39, 0.29) is 42.2 Å². The summed E-state index contributed by atoms with van der Waals surface area (Å²) in [7, 11) is 1.80. The number of nitrogens with two attached hydrogens (primary N) is 2. The number of carbonyl (C=O) groups excluding carboxylic acids is 4. The average Bonchev–Trinajstić information content (AvgIpc) is 3.23. The highest BCUT2D eigenvalue weighted by atomic mass is 16.7. The maximum Gasteiger partial charge on any atom is 0.333 e. The summed E-state index contributed by atoms with van der Waals surface area (Å²) in [6, 6.07) is 4.95. The molecule has 1 aromatic carbocycles. The molecule has 3 amide bonds. The van der Waals surface area contributed by atoms with Crippen LogP contribution in [0.5, 0.6) is 0 Å². The summed E-state index contributed by atoms with van der Waals surface area (Å²) in [5.41, 5.74) is 13.5. The van der Waals surface area contributed by atoms with E-state index in [1.54, 1.807) is 19.2 Å². The molecule has 40 heavy (non-hydrogen) atoms. The van der Waals surface area contributed by atoms with Crippen LogP contribution in [0, 0.1) is 0 Å². The third-order valence-corrected chi connectivity index (χ3v) is 5.91. The molecule has 0 radical (unpaired) electrons. The number of hydrogen-bond acceptors (Lipinski definition) is 13. The van der Waals surface area contributed by atoms with Crippen molar-refractivity contribution < 1.29 is 33.9 Å². The summed E-state index contributed by atoms with van der Waals surface area (Å²) in [5, 5.41) is 12.2. The molecular weight excluding hydrogens is 526 g/mol. The number of carbonyl (C=O) groups is 5. The lowest BCUT2D eigenvalue weighted by Gasteiger charge is -2.19. The van der Waals surface area contributed by atoms with E-state index in [1.165, 1.54) is 18.3 Å². The van der Waals surface area contributed by atoms with Crippen LogP contribution in [0.3, 0.4) is 0 Å². The Morgan fingerprint density at radius 2 is 1.77 bits per heavy atom. The Morgan fingerprint density at radius 3 is 2.42 bits per heavy atom. The van der Waals surface area contributed by atoms with Crippen molar-refractivity contribution in [1.82, 2.24) is 30.3 Å². The average molecular weight is 552 g/mol. The van der Waals surface area contributed by atoms with Crippen molar-refractivity contribution in [2.75, 3.05) is 23.4 Å². The number of imide groups is 1. The van der Waals surface area contributed by atoms with Gasteiger partial charge in [-0.2, -0.15) is 9.97 Å². The Morgan fingerprint density at radius 1 is 1.10 bits per heavy atom. The van der Waals surface area contributed by atoms with Gasteiger partial charge >= 0.3 is 11.9 Å². The lowest BCUT2D eigenvalue weighted by atomic mass is 10.1. The highest BCUT2D eigenvalue weighted by Gasteiger charge is 2.33. The number of benzene rings is 1. The number of amides is 3. The fraction of sp³-hybridized carbons (Fsp3) is 0.292. The normalized spacial score (nSPS) is 13.8. The maximum atomic E-state index is 12.7. The van der Waals surface area contributed by atoms with Crippen molar-refractivity contribution in [3.8, 4) is 0 Å². The van der Waals surface area contributed by atoms with Gasteiger partial charge in [-0.25, -0.2) is 19.6 Å². The summed E-state index contributed by atoms with van der Waals surface area (Å²) >= 11 is 0. The van der Waals surface area contributed by atoms with E-state index in [0.717, 1.165) is 5.69 Å². The molecule has 0 saturated carbocycles. The van der Waals surface area contributed by atoms with Gasteiger partial charge in [0.25, 0.3) is 17.7 Å². The molecule has 1 atom stereocenters. The molecule has 4 rings (SSSR count). The van der Waals surface area contributed by atoms with Gasteiger partial charge in [-0.1, -0.05) is 0 Å². The Labute approximate surface area is 226 Å². The minimum absolute atomic E-state index is 0.00150. The number of hydroxylamine groups is 2. The first-order valence-corrected chi connectivity index (χ1v) is 12.0. The lowest BCUT2D eigenvalue weighted by Crippen LogP contribution is -2.41. The SMILES string of the molecule is CN(Cc1cnc2nc(N)nc(N)c2n1)c1ccc(C(=O)N[C@@H](CCC(=O)ON2C(=O)CCC2=O)C(=O)O)cc1.